The first kappa shape index (κ1) is 19.1. The lowest BCUT2D eigenvalue weighted by Gasteiger charge is -2.55. The summed E-state index contributed by atoms with van der Waals surface area (Å²) in [4.78, 5) is 0. The van der Waals surface area contributed by atoms with Crippen molar-refractivity contribution in [1.82, 2.24) is 0 Å². The number of benzene rings is 2. The van der Waals surface area contributed by atoms with Gasteiger partial charge in [0.15, 0.2) is 11.5 Å². The third kappa shape index (κ3) is 3.22. The molecule has 1 N–H and O–H groups in total. The van der Waals surface area contributed by atoms with E-state index in [-0.39, 0.29) is 23.0 Å². The summed E-state index contributed by atoms with van der Waals surface area (Å²) in [6, 6.07) is 14.5. The van der Waals surface area contributed by atoms with Crippen LogP contribution in [0.15, 0.2) is 42.5 Å². The molecule has 1 aliphatic heterocycles. The van der Waals surface area contributed by atoms with Gasteiger partial charge in [-0.25, -0.2) is 0 Å². The van der Waals surface area contributed by atoms with Gasteiger partial charge < -0.3 is 14.6 Å². The molecule has 3 nitrogen and oxygen atoms in total. The highest BCUT2D eigenvalue weighted by Crippen LogP contribution is 2.54. The average molecular weight is 379 g/mol. The normalized spacial score (nSPS) is 28.3. The van der Waals surface area contributed by atoms with Crippen molar-refractivity contribution in [1.29, 1.82) is 0 Å². The summed E-state index contributed by atoms with van der Waals surface area (Å²) in [5.74, 6) is 1.91. The van der Waals surface area contributed by atoms with Crippen molar-refractivity contribution >= 4 is 12.2 Å². The van der Waals surface area contributed by atoms with E-state index in [1.54, 1.807) is 7.11 Å². The van der Waals surface area contributed by atoms with E-state index in [1.807, 2.05) is 24.3 Å². The van der Waals surface area contributed by atoms with Crippen LogP contribution < -0.4 is 9.47 Å². The summed E-state index contributed by atoms with van der Waals surface area (Å²) in [5.41, 5.74) is 2.97. The van der Waals surface area contributed by atoms with Crippen LogP contribution in [0.5, 0.6) is 11.5 Å². The molecule has 0 amide bonds. The Bertz CT molecular complexity index is 884. The first-order valence-corrected chi connectivity index (χ1v) is 10.1. The van der Waals surface area contributed by atoms with E-state index in [2.05, 4.69) is 51.1 Å². The molecule has 2 aliphatic rings. The van der Waals surface area contributed by atoms with Crippen LogP contribution in [-0.4, -0.2) is 23.9 Å². The van der Waals surface area contributed by atoms with Gasteiger partial charge >= 0.3 is 0 Å². The molecule has 4 rings (SSSR count). The highest BCUT2D eigenvalue weighted by molar-refractivity contribution is 5.72. The van der Waals surface area contributed by atoms with Gasteiger partial charge in [-0.3, -0.25) is 0 Å². The van der Waals surface area contributed by atoms with E-state index >= 15 is 0 Å². The zero-order valence-electron chi connectivity index (χ0n) is 17.2. The number of fused-ring (bicyclic) bond motifs is 2. The van der Waals surface area contributed by atoms with Crippen LogP contribution in [0.4, 0.5) is 0 Å². The molecule has 2 aromatic carbocycles. The SMILES string of the molecule is COc1cc(C=Cc2ccccc2)cc2c1O[C@]1(C)CC[C@@H](O)C(C)(C)[C@H]1C2. The average Bonchev–Trinajstić information content (AvgIpc) is 2.69. The predicted molar refractivity (Wildman–Crippen MR) is 114 cm³/mol. The highest BCUT2D eigenvalue weighted by atomic mass is 16.5. The van der Waals surface area contributed by atoms with Crippen molar-refractivity contribution in [2.24, 2.45) is 11.3 Å². The lowest BCUT2D eigenvalue weighted by atomic mass is 9.57. The van der Waals surface area contributed by atoms with Crippen LogP contribution in [0, 0.1) is 11.3 Å². The Morgan fingerprint density at radius 2 is 1.79 bits per heavy atom. The van der Waals surface area contributed by atoms with Gasteiger partial charge in [-0.1, -0.05) is 56.3 Å². The maximum absolute atomic E-state index is 10.6. The minimum atomic E-state index is -0.293. The van der Waals surface area contributed by atoms with Gasteiger partial charge in [0.2, 0.25) is 0 Å². The van der Waals surface area contributed by atoms with Gasteiger partial charge in [-0.05, 0) is 60.4 Å². The lowest BCUT2D eigenvalue weighted by Crippen LogP contribution is -2.58. The highest BCUT2D eigenvalue weighted by Gasteiger charge is 2.54. The molecule has 0 radical (unpaired) electrons. The Kier molecular flexibility index (Phi) is 4.75. The Hall–Kier alpha value is -2.26. The molecule has 1 saturated carbocycles. The summed E-state index contributed by atoms with van der Waals surface area (Å²) in [6.07, 6.45) is 6.46. The molecule has 1 heterocycles. The van der Waals surface area contributed by atoms with Gasteiger partial charge in [-0.2, -0.15) is 0 Å². The number of hydrogen-bond acceptors (Lipinski definition) is 3. The molecule has 0 spiro atoms. The molecular formula is C25H30O3. The van der Waals surface area contributed by atoms with E-state index in [1.165, 1.54) is 5.56 Å². The Balaban J connectivity index is 1.72. The van der Waals surface area contributed by atoms with Gasteiger partial charge in [-0.15, -0.1) is 0 Å². The molecule has 1 fully saturated rings. The van der Waals surface area contributed by atoms with E-state index in [0.29, 0.717) is 0 Å². The van der Waals surface area contributed by atoms with Gasteiger partial charge in [0.1, 0.15) is 5.60 Å². The molecule has 3 atom stereocenters. The quantitative estimate of drug-likeness (QED) is 0.731. The second-order valence-electron chi connectivity index (χ2n) is 9.00. The molecule has 0 bridgehead atoms. The zero-order chi connectivity index (χ0) is 19.9. The fourth-order valence-electron chi connectivity index (χ4n) is 5.00. The van der Waals surface area contributed by atoms with Crippen LogP contribution in [-0.2, 0) is 6.42 Å². The molecule has 148 valence electrons. The Labute approximate surface area is 168 Å². The smallest absolute Gasteiger partial charge is 0.165 e. The topological polar surface area (TPSA) is 38.7 Å². The van der Waals surface area contributed by atoms with E-state index in [4.69, 9.17) is 9.47 Å². The van der Waals surface area contributed by atoms with Crippen LogP contribution in [0.3, 0.4) is 0 Å². The van der Waals surface area contributed by atoms with Gasteiger partial charge in [0.05, 0.1) is 13.2 Å². The molecule has 3 heteroatoms. The first-order valence-electron chi connectivity index (χ1n) is 10.1. The van der Waals surface area contributed by atoms with E-state index < -0.39 is 0 Å². The van der Waals surface area contributed by atoms with E-state index in [0.717, 1.165) is 41.9 Å². The second-order valence-corrected chi connectivity index (χ2v) is 9.00. The van der Waals surface area contributed by atoms with Crippen molar-refractivity contribution in [3.63, 3.8) is 0 Å². The molecule has 0 saturated heterocycles. The Morgan fingerprint density at radius 3 is 2.50 bits per heavy atom. The van der Waals surface area contributed by atoms with Crippen LogP contribution in [0.25, 0.3) is 12.2 Å². The zero-order valence-corrected chi connectivity index (χ0v) is 17.2. The summed E-state index contributed by atoms with van der Waals surface area (Å²) in [7, 11) is 1.70. The monoisotopic (exact) mass is 378 g/mol. The van der Waals surface area contributed by atoms with E-state index in [9.17, 15) is 5.11 Å². The predicted octanol–water partition coefficient (Wildman–Crippen LogP) is 5.36. The largest absolute Gasteiger partial charge is 0.493 e. The summed E-state index contributed by atoms with van der Waals surface area (Å²) in [5, 5.41) is 10.6. The molecule has 1 aliphatic carbocycles. The summed E-state index contributed by atoms with van der Waals surface area (Å²) >= 11 is 0. The molecule has 0 aromatic heterocycles. The lowest BCUT2D eigenvalue weighted by molar-refractivity contribution is -0.138. The summed E-state index contributed by atoms with van der Waals surface area (Å²) in [6.45, 7) is 6.53. The fourth-order valence-corrected chi connectivity index (χ4v) is 5.00. The van der Waals surface area contributed by atoms with Crippen molar-refractivity contribution in [3.05, 3.63) is 59.2 Å². The molecule has 28 heavy (non-hydrogen) atoms. The Morgan fingerprint density at radius 1 is 1.07 bits per heavy atom. The summed E-state index contributed by atoms with van der Waals surface area (Å²) < 4.78 is 12.3. The fraction of sp³-hybridized carbons (Fsp3) is 0.440. The van der Waals surface area contributed by atoms with Crippen molar-refractivity contribution in [2.45, 2.75) is 51.7 Å². The molecule has 0 unspecified atom stereocenters. The number of rotatable bonds is 3. The van der Waals surface area contributed by atoms with Crippen LogP contribution in [0.1, 0.15) is 50.3 Å². The van der Waals surface area contributed by atoms with Gasteiger partial charge in [0.25, 0.3) is 0 Å². The number of ether oxygens (including phenoxy) is 2. The molecular weight excluding hydrogens is 348 g/mol. The number of aliphatic hydroxyl groups is 1. The molecule has 2 aromatic rings. The van der Waals surface area contributed by atoms with Crippen LogP contribution >= 0.6 is 0 Å². The first-order chi connectivity index (χ1) is 13.3. The standard InChI is InChI=1S/C25H30O3/c1-24(2)21-16-19-14-18(11-10-17-8-6-5-7-9-17)15-20(27-4)23(19)28-25(21,3)13-12-22(24)26/h5-11,14-15,21-22,26H,12-13,16H2,1-4H3/t21-,22-,25-/m1/s1. The maximum atomic E-state index is 10.6. The minimum Gasteiger partial charge on any atom is -0.493 e. The second kappa shape index (κ2) is 6.97. The maximum Gasteiger partial charge on any atom is 0.165 e. The third-order valence-electron chi connectivity index (χ3n) is 6.81. The third-order valence-corrected chi connectivity index (χ3v) is 6.81. The van der Waals surface area contributed by atoms with Crippen molar-refractivity contribution in [3.8, 4) is 11.5 Å². The van der Waals surface area contributed by atoms with Crippen molar-refractivity contribution < 1.29 is 14.6 Å². The number of methoxy groups -OCH3 is 1. The number of aliphatic hydroxyl groups excluding tert-OH is 1. The van der Waals surface area contributed by atoms with Crippen LogP contribution in [0.2, 0.25) is 0 Å². The van der Waals surface area contributed by atoms with Gasteiger partial charge in [0, 0.05) is 5.92 Å². The minimum absolute atomic E-state index is 0.187. The van der Waals surface area contributed by atoms with Crippen molar-refractivity contribution in [2.75, 3.05) is 7.11 Å². The number of hydrogen-bond donors (Lipinski definition) is 1.